The van der Waals surface area contributed by atoms with Crippen molar-refractivity contribution in [3.63, 3.8) is 0 Å². The molecule has 23 heavy (non-hydrogen) atoms. The van der Waals surface area contributed by atoms with Crippen molar-refractivity contribution >= 4 is 23.2 Å². The summed E-state index contributed by atoms with van der Waals surface area (Å²) in [6, 6.07) is 11.3. The Bertz CT molecular complexity index is 712. The van der Waals surface area contributed by atoms with Crippen LogP contribution in [0.3, 0.4) is 0 Å². The monoisotopic (exact) mass is 331 g/mol. The summed E-state index contributed by atoms with van der Waals surface area (Å²) in [7, 11) is 1.52. The van der Waals surface area contributed by atoms with Crippen molar-refractivity contribution in [3.05, 3.63) is 52.2 Å². The van der Waals surface area contributed by atoms with Crippen molar-refractivity contribution in [2.24, 2.45) is 5.92 Å². The quantitative estimate of drug-likeness (QED) is 0.935. The van der Waals surface area contributed by atoms with Crippen LogP contribution in [0.2, 0.25) is 0 Å². The Morgan fingerprint density at radius 2 is 1.96 bits per heavy atom. The van der Waals surface area contributed by atoms with Crippen LogP contribution in [0.25, 0.3) is 0 Å². The maximum Gasteiger partial charge on any atom is 0.308 e. The summed E-state index contributed by atoms with van der Waals surface area (Å²) in [4.78, 5) is 26.4. The predicted octanol–water partition coefficient (Wildman–Crippen LogP) is 2.70. The molecule has 2 aromatic rings. The number of hydrogen-bond donors (Lipinski definition) is 1. The minimum absolute atomic E-state index is 0.165. The van der Waals surface area contributed by atoms with E-state index in [4.69, 9.17) is 4.74 Å². The number of hydrogen-bond acceptors (Lipinski definition) is 4. The third-order valence-electron chi connectivity index (χ3n) is 4.20. The number of aliphatic carboxylic acids is 1. The first-order valence-electron chi connectivity index (χ1n) is 7.30. The zero-order valence-corrected chi connectivity index (χ0v) is 13.5. The highest BCUT2D eigenvalue weighted by molar-refractivity contribution is 7.12. The van der Waals surface area contributed by atoms with Gasteiger partial charge in [-0.25, -0.2) is 0 Å². The summed E-state index contributed by atoms with van der Waals surface area (Å²) in [6.45, 7) is 0.621. The molecule has 5 nitrogen and oxygen atoms in total. The molecule has 1 saturated heterocycles. The van der Waals surface area contributed by atoms with Gasteiger partial charge >= 0.3 is 5.97 Å². The summed E-state index contributed by atoms with van der Waals surface area (Å²) in [5.74, 6) is -1.28. The lowest BCUT2D eigenvalue weighted by Crippen LogP contribution is -2.29. The zero-order valence-electron chi connectivity index (χ0n) is 12.6. The molecule has 1 aliphatic heterocycles. The Morgan fingerprint density at radius 1 is 1.22 bits per heavy atom. The Hall–Kier alpha value is -2.34. The number of carboxylic acid groups (broad SMARTS) is 1. The van der Waals surface area contributed by atoms with E-state index in [-0.39, 0.29) is 18.4 Å². The van der Waals surface area contributed by atoms with Crippen molar-refractivity contribution < 1.29 is 19.4 Å². The summed E-state index contributed by atoms with van der Waals surface area (Å²) in [5.41, 5.74) is 0.952. The van der Waals surface area contributed by atoms with Crippen LogP contribution in [0.15, 0.2) is 41.8 Å². The van der Waals surface area contributed by atoms with E-state index in [0.717, 1.165) is 5.56 Å². The zero-order chi connectivity index (χ0) is 16.4. The molecular weight excluding hydrogens is 314 g/mol. The van der Waals surface area contributed by atoms with Gasteiger partial charge < -0.3 is 14.7 Å². The fraction of sp³-hybridized carbons (Fsp3) is 0.294. The number of methoxy groups -OCH3 is 1. The molecule has 6 heteroatoms. The SMILES string of the molecule is COc1ccsc1C(=O)N1CC(C(=O)O)C(c2ccccc2)C1. The molecule has 2 unspecified atom stereocenters. The summed E-state index contributed by atoms with van der Waals surface area (Å²) < 4.78 is 5.20. The molecule has 1 fully saturated rings. The van der Waals surface area contributed by atoms with Gasteiger partial charge in [0.2, 0.25) is 0 Å². The van der Waals surface area contributed by atoms with Crippen molar-refractivity contribution in [1.82, 2.24) is 4.90 Å². The van der Waals surface area contributed by atoms with E-state index < -0.39 is 11.9 Å². The van der Waals surface area contributed by atoms with Crippen LogP contribution in [0.4, 0.5) is 0 Å². The largest absolute Gasteiger partial charge is 0.495 e. The Labute approximate surface area is 138 Å². The Balaban J connectivity index is 1.86. The standard InChI is InChI=1S/C17H17NO4S/c1-22-14-7-8-23-15(14)16(19)18-9-12(13(10-18)17(20)21)11-5-3-2-4-6-11/h2-8,12-13H,9-10H2,1H3,(H,20,21). The minimum atomic E-state index is -0.868. The molecule has 1 amide bonds. The number of carbonyl (C=O) groups is 2. The fourth-order valence-electron chi connectivity index (χ4n) is 3.02. The molecule has 1 aliphatic rings. The molecule has 1 N–H and O–H groups in total. The summed E-state index contributed by atoms with van der Waals surface area (Å²) in [5, 5.41) is 11.3. The second-order valence-electron chi connectivity index (χ2n) is 5.49. The average Bonchev–Trinajstić information content (AvgIpc) is 3.22. The highest BCUT2D eigenvalue weighted by Crippen LogP contribution is 2.35. The number of carboxylic acids is 1. The number of benzene rings is 1. The maximum absolute atomic E-state index is 12.7. The molecule has 2 atom stereocenters. The fourth-order valence-corrected chi connectivity index (χ4v) is 3.84. The third kappa shape index (κ3) is 2.94. The van der Waals surface area contributed by atoms with Gasteiger partial charge in [-0.2, -0.15) is 0 Å². The molecule has 0 spiro atoms. The first kappa shape index (κ1) is 15.6. The Morgan fingerprint density at radius 3 is 2.61 bits per heavy atom. The van der Waals surface area contributed by atoms with Crippen LogP contribution >= 0.6 is 11.3 Å². The second-order valence-corrected chi connectivity index (χ2v) is 6.41. The van der Waals surface area contributed by atoms with E-state index in [9.17, 15) is 14.7 Å². The molecule has 0 bridgehead atoms. The van der Waals surface area contributed by atoms with Gasteiger partial charge in [0.1, 0.15) is 10.6 Å². The first-order valence-corrected chi connectivity index (χ1v) is 8.18. The third-order valence-corrected chi connectivity index (χ3v) is 5.08. The molecule has 1 aromatic carbocycles. The predicted molar refractivity (Wildman–Crippen MR) is 87.1 cm³/mol. The molecule has 3 rings (SSSR count). The van der Waals surface area contributed by atoms with Gasteiger partial charge in [-0.3, -0.25) is 9.59 Å². The van der Waals surface area contributed by atoms with Crippen LogP contribution in [0.1, 0.15) is 21.2 Å². The van der Waals surface area contributed by atoms with Crippen molar-refractivity contribution in [2.45, 2.75) is 5.92 Å². The number of rotatable bonds is 4. The molecule has 2 heterocycles. The number of likely N-dealkylation sites (tertiary alicyclic amines) is 1. The summed E-state index contributed by atoms with van der Waals surface area (Å²) in [6.07, 6.45) is 0. The van der Waals surface area contributed by atoms with Crippen molar-refractivity contribution in [2.75, 3.05) is 20.2 Å². The average molecular weight is 331 g/mol. The van der Waals surface area contributed by atoms with Crippen LogP contribution < -0.4 is 4.74 Å². The summed E-state index contributed by atoms with van der Waals surface area (Å²) >= 11 is 1.31. The number of carbonyl (C=O) groups excluding carboxylic acids is 1. The van der Waals surface area contributed by atoms with E-state index >= 15 is 0 Å². The van der Waals surface area contributed by atoms with Gasteiger partial charge in [-0.05, 0) is 17.0 Å². The van der Waals surface area contributed by atoms with Gasteiger partial charge in [-0.15, -0.1) is 11.3 Å². The molecule has 1 aromatic heterocycles. The van der Waals surface area contributed by atoms with E-state index in [1.54, 1.807) is 16.3 Å². The van der Waals surface area contributed by atoms with Crippen molar-refractivity contribution in [1.29, 1.82) is 0 Å². The first-order chi connectivity index (χ1) is 11.1. The van der Waals surface area contributed by atoms with Crippen LogP contribution in [0, 0.1) is 5.92 Å². The molecule has 120 valence electrons. The number of ether oxygens (including phenoxy) is 1. The van der Waals surface area contributed by atoms with Gasteiger partial charge in [0, 0.05) is 19.0 Å². The Kier molecular flexibility index (Phi) is 4.34. The maximum atomic E-state index is 12.7. The minimum Gasteiger partial charge on any atom is -0.495 e. The number of nitrogens with zero attached hydrogens (tertiary/aromatic N) is 1. The topological polar surface area (TPSA) is 66.8 Å². The number of amides is 1. The van der Waals surface area contributed by atoms with E-state index in [0.29, 0.717) is 17.2 Å². The highest BCUT2D eigenvalue weighted by atomic mass is 32.1. The molecule has 0 aliphatic carbocycles. The lowest BCUT2D eigenvalue weighted by molar-refractivity contribution is -0.141. The van der Waals surface area contributed by atoms with E-state index in [1.807, 2.05) is 30.3 Å². The van der Waals surface area contributed by atoms with Gasteiger partial charge in [0.25, 0.3) is 5.91 Å². The highest BCUT2D eigenvalue weighted by Gasteiger charge is 2.41. The van der Waals surface area contributed by atoms with Gasteiger partial charge in [0.15, 0.2) is 0 Å². The van der Waals surface area contributed by atoms with Crippen molar-refractivity contribution in [3.8, 4) is 5.75 Å². The lowest BCUT2D eigenvalue weighted by Gasteiger charge is -2.16. The van der Waals surface area contributed by atoms with Gasteiger partial charge in [0.05, 0.1) is 13.0 Å². The molecule has 0 radical (unpaired) electrons. The molecular formula is C17H17NO4S. The van der Waals surface area contributed by atoms with E-state index in [2.05, 4.69) is 0 Å². The smallest absolute Gasteiger partial charge is 0.308 e. The number of thiophene rings is 1. The lowest BCUT2D eigenvalue weighted by atomic mass is 9.89. The van der Waals surface area contributed by atoms with E-state index in [1.165, 1.54) is 18.4 Å². The van der Waals surface area contributed by atoms with Crippen LogP contribution in [0.5, 0.6) is 5.75 Å². The van der Waals surface area contributed by atoms with Gasteiger partial charge in [-0.1, -0.05) is 30.3 Å². The second kappa shape index (κ2) is 6.42. The molecule has 0 saturated carbocycles. The normalized spacial score (nSPS) is 20.5. The van der Waals surface area contributed by atoms with Crippen LogP contribution in [-0.2, 0) is 4.79 Å². The van der Waals surface area contributed by atoms with Crippen LogP contribution in [-0.4, -0.2) is 42.1 Å².